The molecular formula is C20H30FIN4. The third-order valence-corrected chi connectivity index (χ3v) is 6.32. The summed E-state index contributed by atoms with van der Waals surface area (Å²) in [6.45, 7) is 0. The number of hydrogen-bond acceptors (Lipinski definition) is 2. The second kappa shape index (κ2) is 8.42. The highest BCUT2D eigenvalue weighted by Crippen LogP contribution is 2.41. The van der Waals surface area contributed by atoms with Crippen molar-refractivity contribution >= 4 is 29.9 Å². The molecule has 0 radical (unpaired) electrons. The first-order valence-corrected chi connectivity index (χ1v) is 9.62. The van der Waals surface area contributed by atoms with Gasteiger partial charge in [-0.3, -0.25) is 4.99 Å². The second-order valence-electron chi connectivity index (χ2n) is 7.90. The lowest BCUT2D eigenvalue weighted by Crippen LogP contribution is -2.56. The summed E-state index contributed by atoms with van der Waals surface area (Å²) in [6.07, 6.45) is 7.35. The van der Waals surface area contributed by atoms with Gasteiger partial charge in [0.25, 0.3) is 0 Å². The van der Waals surface area contributed by atoms with Crippen LogP contribution in [0.3, 0.4) is 0 Å². The van der Waals surface area contributed by atoms with Crippen molar-refractivity contribution < 1.29 is 4.39 Å². The van der Waals surface area contributed by atoms with Gasteiger partial charge in [0.05, 0.1) is 0 Å². The Morgan fingerprint density at radius 1 is 1.12 bits per heavy atom. The van der Waals surface area contributed by atoms with Crippen molar-refractivity contribution in [3.8, 4) is 0 Å². The number of fused-ring (bicyclic) bond motifs is 2. The van der Waals surface area contributed by atoms with E-state index in [4.69, 9.17) is 0 Å². The zero-order valence-corrected chi connectivity index (χ0v) is 17.9. The molecule has 2 N–H and O–H groups in total. The van der Waals surface area contributed by atoms with E-state index in [1.165, 1.54) is 32.1 Å². The van der Waals surface area contributed by atoms with E-state index in [0.717, 1.165) is 17.9 Å². The topological polar surface area (TPSA) is 39.7 Å². The Balaban J connectivity index is 0.00000196. The van der Waals surface area contributed by atoms with Crippen molar-refractivity contribution in [3.63, 3.8) is 0 Å². The van der Waals surface area contributed by atoms with E-state index in [9.17, 15) is 4.39 Å². The number of guanidine groups is 1. The predicted molar refractivity (Wildman–Crippen MR) is 115 cm³/mol. The molecule has 4 atom stereocenters. The molecule has 3 aliphatic rings. The Hall–Kier alpha value is -0.890. The first kappa shape index (κ1) is 19.9. The van der Waals surface area contributed by atoms with Crippen molar-refractivity contribution in [2.75, 3.05) is 14.1 Å². The van der Waals surface area contributed by atoms with E-state index in [1.807, 2.05) is 19.2 Å². The van der Waals surface area contributed by atoms with E-state index >= 15 is 0 Å². The lowest BCUT2D eigenvalue weighted by molar-refractivity contribution is 0.0526. The number of aliphatic imine (C=N–C) groups is 1. The number of benzene rings is 1. The van der Waals surface area contributed by atoms with Crippen molar-refractivity contribution in [1.29, 1.82) is 0 Å². The first-order valence-electron chi connectivity index (χ1n) is 9.62. The Labute approximate surface area is 173 Å². The van der Waals surface area contributed by atoms with Crippen LogP contribution >= 0.6 is 24.0 Å². The Kier molecular flexibility index (Phi) is 6.43. The van der Waals surface area contributed by atoms with Crippen LogP contribution in [0.25, 0.3) is 0 Å². The molecule has 2 bridgehead atoms. The number of piperidine rings is 2. The van der Waals surface area contributed by atoms with E-state index in [2.05, 4.69) is 27.6 Å². The minimum atomic E-state index is -0.0945. The van der Waals surface area contributed by atoms with Gasteiger partial charge in [0.2, 0.25) is 0 Å². The minimum absolute atomic E-state index is 0. The second-order valence-corrected chi connectivity index (χ2v) is 7.90. The first-order chi connectivity index (χ1) is 12.2. The van der Waals surface area contributed by atoms with Crippen LogP contribution < -0.4 is 10.6 Å². The minimum Gasteiger partial charge on any atom is -0.354 e. The molecule has 1 saturated carbocycles. The highest BCUT2D eigenvalue weighted by Gasteiger charge is 2.41. The fourth-order valence-corrected chi connectivity index (χ4v) is 4.75. The molecule has 4 unspecified atom stereocenters. The number of rotatable bonds is 3. The molecule has 4 rings (SSSR count). The standard InChI is InChI=1S/C20H29FN4.HI/c1-22-20(23-13-10-14-6-5-7-15(11-13)25(14)2)24-19-12-17(19)16-8-3-4-9-18(16)21;/h3-4,8-9,13-15,17,19H,5-7,10-12H2,1-2H3,(H2,22,23,24);1H. The molecule has 1 aromatic carbocycles. The van der Waals surface area contributed by atoms with Crippen LogP contribution in [0, 0.1) is 5.82 Å². The summed E-state index contributed by atoms with van der Waals surface area (Å²) in [5.41, 5.74) is 0.823. The van der Waals surface area contributed by atoms with Crippen molar-refractivity contribution in [2.45, 2.75) is 68.6 Å². The molecule has 2 saturated heterocycles. The largest absolute Gasteiger partial charge is 0.354 e. The molecule has 4 nitrogen and oxygen atoms in total. The third kappa shape index (κ3) is 4.16. The zero-order valence-electron chi connectivity index (χ0n) is 15.6. The van der Waals surface area contributed by atoms with Gasteiger partial charge < -0.3 is 15.5 Å². The number of halogens is 2. The molecule has 0 aromatic heterocycles. The van der Waals surface area contributed by atoms with Crippen molar-refractivity contribution in [1.82, 2.24) is 15.5 Å². The Morgan fingerprint density at radius 2 is 1.81 bits per heavy atom. The maximum atomic E-state index is 13.9. The van der Waals surface area contributed by atoms with Crippen LogP contribution in [0.1, 0.15) is 50.0 Å². The van der Waals surface area contributed by atoms with Crippen molar-refractivity contribution in [2.24, 2.45) is 4.99 Å². The molecular weight excluding hydrogens is 442 g/mol. The van der Waals surface area contributed by atoms with Gasteiger partial charge in [-0.2, -0.15) is 0 Å². The van der Waals surface area contributed by atoms with Crippen LogP contribution in [0.5, 0.6) is 0 Å². The molecule has 2 heterocycles. The van der Waals surface area contributed by atoms with Crippen LogP contribution in [-0.2, 0) is 0 Å². The summed E-state index contributed by atoms with van der Waals surface area (Å²) >= 11 is 0. The number of hydrogen-bond donors (Lipinski definition) is 2. The summed E-state index contributed by atoms with van der Waals surface area (Å²) in [4.78, 5) is 6.99. The van der Waals surface area contributed by atoms with Gasteiger partial charge in [0.1, 0.15) is 5.82 Å². The number of nitrogens with zero attached hydrogens (tertiary/aromatic N) is 2. The van der Waals surface area contributed by atoms with Crippen LogP contribution in [-0.4, -0.2) is 49.1 Å². The fourth-order valence-electron chi connectivity index (χ4n) is 4.75. The van der Waals surface area contributed by atoms with Gasteiger partial charge in [-0.25, -0.2) is 4.39 Å². The molecule has 144 valence electrons. The lowest BCUT2D eigenvalue weighted by Gasteiger charge is -2.47. The number of nitrogens with one attached hydrogen (secondary N) is 2. The van der Waals surface area contributed by atoms with Crippen LogP contribution in [0.2, 0.25) is 0 Å². The predicted octanol–water partition coefficient (Wildman–Crippen LogP) is 3.48. The molecule has 0 spiro atoms. The van der Waals surface area contributed by atoms with E-state index in [0.29, 0.717) is 18.1 Å². The van der Waals surface area contributed by atoms with E-state index < -0.39 is 0 Å². The Morgan fingerprint density at radius 3 is 2.46 bits per heavy atom. The molecule has 6 heteroatoms. The lowest BCUT2D eigenvalue weighted by atomic mass is 9.82. The normalized spacial score (nSPS) is 34.0. The highest BCUT2D eigenvalue weighted by molar-refractivity contribution is 14.0. The SMILES string of the molecule is CN=C(NC1CC2CCCC(C1)N2C)NC1CC1c1ccccc1F.I. The van der Waals surface area contributed by atoms with Gasteiger partial charge in [0.15, 0.2) is 5.96 Å². The van der Waals surface area contributed by atoms with E-state index in [1.54, 1.807) is 12.1 Å². The van der Waals surface area contributed by atoms with Gasteiger partial charge in [-0.1, -0.05) is 24.6 Å². The fraction of sp³-hybridized carbons (Fsp3) is 0.650. The highest BCUT2D eigenvalue weighted by atomic mass is 127. The molecule has 3 fully saturated rings. The molecule has 1 aromatic rings. The van der Waals surface area contributed by atoms with Gasteiger partial charge in [0, 0.05) is 37.1 Å². The van der Waals surface area contributed by atoms with Crippen LogP contribution in [0.15, 0.2) is 29.3 Å². The van der Waals surface area contributed by atoms with Gasteiger partial charge in [-0.05, 0) is 50.8 Å². The quantitative estimate of drug-likeness (QED) is 0.402. The monoisotopic (exact) mass is 472 g/mol. The third-order valence-electron chi connectivity index (χ3n) is 6.32. The van der Waals surface area contributed by atoms with Gasteiger partial charge >= 0.3 is 0 Å². The average molecular weight is 472 g/mol. The summed E-state index contributed by atoms with van der Waals surface area (Å²) in [7, 11) is 4.10. The summed E-state index contributed by atoms with van der Waals surface area (Å²) in [5.74, 6) is 1.04. The molecule has 2 aliphatic heterocycles. The summed E-state index contributed by atoms with van der Waals surface area (Å²) in [6, 6.07) is 9.30. The maximum absolute atomic E-state index is 13.9. The molecule has 1 aliphatic carbocycles. The maximum Gasteiger partial charge on any atom is 0.191 e. The molecule has 26 heavy (non-hydrogen) atoms. The zero-order chi connectivity index (χ0) is 17.4. The Bertz CT molecular complexity index is 638. The average Bonchev–Trinajstić information content (AvgIpc) is 3.34. The van der Waals surface area contributed by atoms with Crippen molar-refractivity contribution in [3.05, 3.63) is 35.6 Å². The van der Waals surface area contributed by atoms with E-state index in [-0.39, 0.29) is 41.8 Å². The molecule has 0 amide bonds. The van der Waals surface area contributed by atoms with Gasteiger partial charge in [-0.15, -0.1) is 24.0 Å². The summed E-state index contributed by atoms with van der Waals surface area (Å²) in [5, 5.41) is 7.13. The van der Waals surface area contributed by atoms with Crippen LogP contribution in [0.4, 0.5) is 4.39 Å². The summed E-state index contributed by atoms with van der Waals surface area (Å²) < 4.78 is 13.9. The smallest absolute Gasteiger partial charge is 0.191 e.